The average Bonchev–Trinajstić information content (AvgIpc) is 3.67. The van der Waals surface area contributed by atoms with Crippen LogP contribution in [0.1, 0.15) is 593 Å². The van der Waals surface area contributed by atoms with E-state index >= 15 is 0 Å². The number of aliphatic carboxylic acids is 4. The van der Waals surface area contributed by atoms with Gasteiger partial charge in [-0.3, -0.25) is 0 Å². The molecule has 0 aliphatic rings. The van der Waals surface area contributed by atoms with Crippen LogP contribution in [0.15, 0.2) is 0 Å². The fourth-order valence-corrected chi connectivity index (χ4v) is 14.8. The molecule has 624 valence electrons. The van der Waals surface area contributed by atoms with Gasteiger partial charge in [0.25, 0.3) is 0 Å². The summed E-state index contributed by atoms with van der Waals surface area (Å²) in [4.78, 5) is 41.2. The van der Waals surface area contributed by atoms with E-state index < -0.39 is 23.9 Å². The monoisotopic (exact) mass is 1480 g/mol. The molecule has 0 radical (unpaired) electrons. The molecule has 0 heterocycles. The number of carboxylic acid groups (broad SMARTS) is 4. The summed E-state index contributed by atoms with van der Waals surface area (Å²) in [6, 6.07) is 0. The van der Waals surface area contributed by atoms with Crippen molar-refractivity contribution in [1.82, 2.24) is 0 Å². The smallest absolute Gasteiger partial charge is 0.550 e. The molecule has 0 aliphatic heterocycles. The number of carbonyl (C=O) groups excluding carboxylic acids is 4. The standard InChI is InChI=1S/4C24H48O2.C/c4*1-2-3-4-5-6-7-8-9-10-11-12-13-14-15-16-17-18-19-20-21-22-23-24(25)26;/h4*2-23H2,1H3,(H,25,26);/q;;;;+4/p-4. The van der Waals surface area contributed by atoms with Crippen LogP contribution in [-0.2, 0) is 19.2 Å². The first-order chi connectivity index (χ1) is 51.1. The SMILES string of the molecule is CCCCCCCCCCCCCCCCCCCCCCCC(=O)[O-].CCCCCCCCCCCCCCCCCCCCCCCC(=O)[O-].CCCCCCCCCCCCCCCCCCCCCCCC(=O)[O-].CCCCCCCCCCCCCCCCCCCCCCCC(=O)[O-].[C+4]. The average molecular weight is 1480 g/mol. The molecule has 0 rings (SSSR count). The van der Waals surface area contributed by atoms with Crippen molar-refractivity contribution in [3.63, 3.8) is 0 Å². The third kappa shape index (κ3) is 126. The predicted molar refractivity (Wildman–Crippen MR) is 452 cm³/mol. The molecular weight excluding hydrogens is 1290 g/mol. The van der Waals surface area contributed by atoms with Gasteiger partial charge in [-0.2, -0.15) is 0 Å². The molecule has 0 atom stereocenters. The van der Waals surface area contributed by atoms with Crippen LogP contribution in [0.25, 0.3) is 0 Å². The Morgan fingerprint density at radius 1 is 0.124 bits per heavy atom. The number of carbonyl (C=O) groups is 4. The van der Waals surface area contributed by atoms with Gasteiger partial charge >= 0.3 is 7.43 Å². The summed E-state index contributed by atoms with van der Waals surface area (Å²) < 4.78 is 0. The van der Waals surface area contributed by atoms with E-state index in [1.54, 1.807) is 0 Å². The molecule has 0 amide bonds. The van der Waals surface area contributed by atoms with E-state index in [1.807, 2.05) is 0 Å². The van der Waals surface area contributed by atoms with Gasteiger partial charge in [-0.1, -0.05) is 541 Å². The molecule has 0 unspecified atom stereocenters. The molecule has 0 saturated carbocycles. The molecule has 0 N–H and O–H groups in total. The summed E-state index contributed by atoms with van der Waals surface area (Å²) in [5, 5.41) is 41.2. The largest absolute Gasteiger partial charge is 4.00 e. The molecule has 8 heteroatoms. The van der Waals surface area contributed by atoms with Crippen LogP contribution in [0.2, 0.25) is 0 Å². The van der Waals surface area contributed by atoms with Crippen LogP contribution in [0, 0.1) is 7.43 Å². The molecule has 8 nitrogen and oxygen atoms in total. The van der Waals surface area contributed by atoms with E-state index in [0.717, 1.165) is 51.4 Å². The maximum Gasteiger partial charge on any atom is 4.00 e. The van der Waals surface area contributed by atoms with Crippen molar-refractivity contribution in [2.75, 3.05) is 0 Å². The summed E-state index contributed by atoms with van der Waals surface area (Å²) >= 11 is 0. The number of unbranched alkanes of at least 4 members (excludes halogenated alkanes) is 80. The van der Waals surface area contributed by atoms with Crippen molar-refractivity contribution < 1.29 is 39.6 Å². The Balaban J connectivity index is -0.000000422. The molecule has 0 saturated heterocycles. The fourth-order valence-electron chi connectivity index (χ4n) is 14.8. The fraction of sp³-hybridized carbons (Fsp3) is 0.948. The summed E-state index contributed by atoms with van der Waals surface area (Å²) in [7, 11) is 0. The molecule has 0 aromatic rings. The summed E-state index contributed by atoms with van der Waals surface area (Å²) in [5.74, 6) is -3.60. The van der Waals surface area contributed by atoms with Gasteiger partial charge in [0.15, 0.2) is 0 Å². The van der Waals surface area contributed by atoms with Crippen molar-refractivity contribution in [2.24, 2.45) is 0 Å². The molecule has 105 heavy (non-hydrogen) atoms. The van der Waals surface area contributed by atoms with E-state index in [-0.39, 0.29) is 33.1 Å². The molecule has 0 fully saturated rings. The second-order valence-corrected chi connectivity index (χ2v) is 32.8. The Bertz CT molecular complexity index is 1330. The van der Waals surface area contributed by atoms with Crippen molar-refractivity contribution in [3.05, 3.63) is 7.43 Å². The Morgan fingerprint density at radius 2 is 0.181 bits per heavy atom. The van der Waals surface area contributed by atoms with Gasteiger partial charge in [0.05, 0.1) is 0 Å². The summed E-state index contributed by atoms with van der Waals surface area (Å²) in [5.41, 5.74) is 0. The van der Waals surface area contributed by atoms with Crippen LogP contribution in [-0.4, -0.2) is 23.9 Å². The van der Waals surface area contributed by atoms with E-state index in [1.165, 1.54) is 488 Å². The predicted octanol–water partition coefficient (Wildman–Crippen LogP) is 29.4. The van der Waals surface area contributed by atoms with Crippen LogP contribution >= 0.6 is 0 Å². The first kappa shape index (κ1) is 111. The maximum absolute atomic E-state index is 10.3. The quantitative estimate of drug-likeness (QED) is 0.0544. The maximum atomic E-state index is 10.3. The zero-order valence-electron chi connectivity index (χ0n) is 72.0. The number of hydrogen-bond donors (Lipinski definition) is 0. The second kappa shape index (κ2) is 108. The first-order valence-electron chi connectivity index (χ1n) is 47.9. The van der Waals surface area contributed by atoms with E-state index in [0.29, 0.717) is 0 Å². The van der Waals surface area contributed by atoms with Gasteiger partial charge in [-0.15, -0.1) is 0 Å². The van der Waals surface area contributed by atoms with Crippen LogP contribution < -0.4 is 20.4 Å². The van der Waals surface area contributed by atoms with Crippen LogP contribution in [0.4, 0.5) is 0 Å². The first-order valence-corrected chi connectivity index (χ1v) is 47.9. The summed E-state index contributed by atoms with van der Waals surface area (Å²) in [6.45, 7) is 9.14. The van der Waals surface area contributed by atoms with Gasteiger partial charge in [-0.05, 0) is 51.4 Å². The Labute approximate surface area is 660 Å². The molecule has 0 aromatic carbocycles. The molecule has 0 bridgehead atoms. The third-order valence-corrected chi connectivity index (χ3v) is 21.9. The zero-order valence-corrected chi connectivity index (χ0v) is 72.0. The van der Waals surface area contributed by atoms with Gasteiger partial charge in [0, 0.05) is 23.9 Å². The van der Waals surface area contributed by atoms with Gasteiger partial charge in [0.2, 0.25) is 0 Å². The normalized spacial score (nSPS) is 11.0. The third-order valence-electron chi connectivity index (χ3n) is 21.9. The minimum atomic E-state index is -0.900. The topological polar surface area (TPSA) is 161 Å². The van der Waals surface area contributed by atoms with Gasteiger partial charge in [-0.25, -0.2) is 0 Å². The number of hydrogen-bond acceptors (Lipinski definition) is 8. The minimum Gasteiger partial charge on any atom is -0.550 e. The van der Waals surface area contributed by atoms with Crippen molar-refractivity contribution in [1.29, 1.82) is 0 Å². The van der Waals surface area contributed by atoms with Gasteiger partial charge < -0.3 is 39.6 Å². The Morgan fingerprint density at radius 3 is 0.238 bits per heavy atom. The zero-order chi connectivity index (χ0) is 76.5. The number of rotatable bonds is 88. The number of carboxylic acids is 4. The molecular formula is C97H188O8. The van der Waals surface area contributed by atoms with Crippen molar-refractivity contribution in [3.8, 4) is 0 Å². The summed E-state index contributed by atoms with van der Waals surface area (Å²) in [6.07, 6.45) is 115. The molecule has 0 aromatic heterocycles. The Hall–Kier alpha value is -2.12. The van der Waals surface area contributed by atoms with Crippen LogP contribution in [0.3, 0.4) is 0 Å². The Kier molecular flexibility index (Phi) is 115. The second-order valence-electron chi connectivity index (χ2n) is 32.8. The van der Waals surface area contributed by atoms with E-state index in [4.69, 9.17) is 0 Å². The van der Waals surface area contributed by atoms with Crippen molar-refractivity contribution in [2.45, 2.75) is 593 Å². The molecule has 0 aliphatic carbocycles. The van der Waals surface area contributed by atoms with Crippen LogP contribution in [0.5, 0.6) is 0 Å². The van der Waals surface area contributed by atoms with Gasteiger partial charge in [0.1, 0.15) is 0 Å². The van der Waals surface area contributed by atoms with Crippen molar-refractivity contribution >= 4 is 23.9 Å². The molecule has 0 spiro atoms. The minimum absolute atomic E-state index is 0. The van der Waals surface area contributed by atoms with E-state index in [9.17, 15) is 39.6 Å². The van der Waals surface area contributed by atoms with E-state index in [2.05, 4.69) is 27.7 Å².